The van der Waals surface area contributed by atoms with Gasteiger partial charge in [-0.2, -0.15) is 0 Å². The first-order chi connectivity index (χ1) is 13.8. The zero-order valence-electron chi connectivity index (χ0n) is 16.7. The molecule has 0 saturated carbocycles. The van der Waals surface area contributed by atoms with Gasteiger partial charge < -0.3 is 5.32 Å². The number of ketones is 1. The SMILES string of the molecule is Cc1cc(-c2ccccc2)cc(C(=O)CNS(=O)(=O)C(C)C2CCCNC2)c1F. The fourth-order valence-corrected chi connectivity index (χ4v) is 5.03. The molecule has 0 spiro atoms. The Morgan fingerprint density at radius 2 is 1.97 bits per heavy atom. The summed E-state index contributed by atoms with van der Waals surface area (Å²) in [6.45, 7) is 4.34. The standard InChI is InChI=1S/C22H27FN2O3S/c1-15-11-19(17-7-4-3-5-8-17)12-20(22(15)23)21(26)14-25-29(27,28)16(2)18-9-6-10-24-13-18/h3-5,7-8,11-12,16,18,24-25H,6,9-10,13-14H2,1-2H3. The molecule has 1 heterocycles. The van der Waals surface area contributed by atoms with Gasteiger partial charge in [0.2, 0.25) is 10.0 Å². The molecule has 7 heteroatoms. The van der Waals surface area contributed by atoms with Crippen molar-refractivity contribution in [3.63, 3.8) is 0 Å². The summed E-state index contributed by atoms with van der Waals surface area (Å²) in [5, 5.41) is 2.59. The molecule has 0 bridgehead atoms. The molecule has 29 heavy (non-hydrogen) atoms. The highest BCUT2D eigenvalue weighted by Gasteiger charge is 2.31. The van der Waals surface area contributed by atoms with Crippen molar-refractivity contribution in [1.82, 2.24) is 10.0 Å². The Morgan fingerprint density at radius 3 is 2.62 bits per heavy atom. The lowest BCUT2D eigenvalue weighted by atomic mass is 9.97. The largest absolute Gasteiger partial charge is 0.316 e. The highest BCUT2D eigenvalue weighted by atomic mass is 32.2. The van der Waals surface area contributed by atoms with Crippen LogP contribution in [0.5, 0.6) is 0 Å². The van der Waals surface area contributed by atoms with Crippen LogP contribution in [0.3, 0.4) is 0 Å². The van der Waals surface area contributed by atoms with Gasteiger partial charge in [-0.1, -0.05) is 30.3 Å². The molecule has 2 atom stereocenters. The van der Waals surface area contributed by atoms with Crippen LogP contribution >= 0.6 is 0 Å². The van der Waals surface area contributed by atoms with Crippen LogP contribution < -0.4 is 10.0 Å². The van der Waals surface area contributed by atoms with Crippen LogP contribution in [-0.4, -0.2) is 39.1 Å². The fourth-order valence-electron chi connectivity index (χ4n) is 3.70. The molecule has 0 amide bonds. The van der Waals surface area contributed by atoms with E-state index in [9.17, 15) is 17.6 Å². The summed E-state index contributed by atoms with van der Waals surface area (Å²) in [5.41, 5.74) is 1.83. The fraction of sp³-hybridized carbons (Fsp3) is 0.409. The van der Waals surface area contributed by atoms with E-state index in [2.05, 4.69) is 10.0 Å². The number of hydrogen-bond donors (Lipinski definition) is 2. The number of Topliss-reactive ketones (excluding diaryl/α,β-unsaturated/α-hetero) is 1. The molecule has 1 aliphatic rings. The number of carbonyl (C=O) groups is 1. The van der Waals surface area contributed by atoms with E-state index < -0.39 is 33.4 Å². The highest BCUT2D eigenvalue weighted by molar-refractivity contribution is 7.90. The molecule has 0 radical (unpaired) electrons. The molecule has 2 N–H and O–H groups in total. The molecule has 2 aromatic rings. The molecule has 1 aliphatic heterocycles. The highest BCUT2D eigenvalue weighted by Crippen LogP contribution is 2.25. The van der Waals surface area contributed by atoms with Crippen molar-refractivity contribution in [2.24, 2.45) is 5.92 Å². The summed E-state index contributed by atoms with van der Waals surface area (Å²) >= 11 is 0. The molecule has 2 aromatic carbocycles. The van der Waals surface area contributed by atoms with Crippen molar-refractivity contribution < 1.29 is 17.6 Å². The molecule has 3 rings (SSSR count). The van der Waals surface area contributed by atoms with E-state index in [1.807, 2.05) is 30.3 Å². The maximum absolute atomic E-state index is 14.6. The first-order valence-corrected chi connectivity index (χ1v) is 11.4. The summed E-state index contributed by atoms with van der Waals surface area (Å²) in [5.74, 6) is -1.20. The first kappa shape index (κ1) is 21.6. The molecular weight excluding hydrogens is 391 g/mol. The average molecular weight is 419 g/mol. The van der Waals surface area contributed by atoms with E-state index in [1.54, 1.807) is 19.9 Å². The van der Waals surface area contributed by atoms with Crippen LogP contribution in [0.2, 0.25) is 0 Å². The maximum Gasteiger partial charge on any atom is 0.214 e. The number of benzene rings is 2. The molecule has 0 aliphatic carbocycles. The van der Waals surface area contributed by atoms with Crippen molar-refractivity contribution in [2.45, 2.75) is 31.9 Å². The summed E-state index contributed by atoms with van der Waals surface area (Å²) in [7, 11) is -3.68. The molecule has 156 valence electrons. The van der Waals surface area contributed by atoms with Gasteiger partial charge in [0.1, 0.15) is 5.82 Å². The van der Waals surface area contributed by atoms with Gasteiger partial charge in [-0.15, -0.1) is 0 Å². The third-order valence-corrected chi connectivity index (χ3v) is 7.49. The van der Waals surface area contributed by atoms with E-state index in [0.717, 1.165) is 30.5 Å². The molecule has 2 unspecified atom stereocenters. The Hall–Kier alpha value is -2.09. The normalized spacial score (nSPS) is 18.4. The van der Waals surface area contributed by atoms with Crippen molar-refractivity contribution in [1.29, 1.82) is 0 Å². The van der Waals surface area contributed by atoms with Crippen LogP contribution in [-0.2, 0) is 10.0 Å². The van der Waals surface area contributed by atoms with Crippen molar-refractivity contribution in [3.05, 3.63) is 59.4 Å². The molecule has 5 nitrogen and oxygen atoms in total. The van der Waals surface area contributed by atoms with Gasteiger partial charge in [0.05, 0.1) is 17.4 Å². The zero-order chi connectivity index (χ0) is 21.0. The third kappa shape index (κ3) is 5.10. The second-order valence-electron chi connectivity index (χ2n) is 7.62. The summed E-state index contributed by atoms with van der Waals surface area (Å²) in [4.78, 5) is 12.7. The van der Waals surface area contributed by atoms with E-state index in [1.165, 1.54) is 6.07 Å². The average Bonchev–Trinajstić information content (AvgIpc) is 2.74. The Morgan fingerprint density at radius 1 is 1.24 bits per heavy atom. The lowest BCUT2D eigenvalue weighted by molar-refractivity contribution is 0.0993. The van der Waals surface area contributed by atoms with Gasteiger partial charge >= 0.3 is 0 Å². The lowest BCUT2D eigenvalue weighted by Crippen LogP contribution is -2.44. The number of hydrogen-bond acceptors (Lipinski definition) is 4. The van der Waals surface area contributed by atoms with Crippen LogP contribution in [0.4, 0.5) is 4.39 Å². The number of halogens is 1. The van der Waals surface area contributed by atoms with Crippen LogP contribution in [0.25, 0.3) is 11.1 Å². The van der Waals surface area contributed by atoms with Gasteiger partial charge in [0.15, 0.2) is 5.78 Å². The maximum atomic E-state index is 14.6. The van der Waals surface area contributed by atoms with Crippen LogP contribution in [0, 0.1) is 18.7 Å². The summed E-state index contributed by atoms with van der Waals surface area (Å²) < 4.78 is 42.2. The van der Waals surface area contributed by atoms with E-state index in [4.69, 9.17) is 0 Å². The number of nitrogens with one attached hydrogen (secondary N) is 2. The Labute approximate surface area is 171 Å². The molecule has 0 aromatic heterocycles. The number of rotatable bonds is 7. The minimum atomic E-state index is -3.68. The summed E-state index contributed by atoms with van der Waals surface area (Å²) in [6.07, 6.45) is 1.76. The Balaban J connectivity index is 1.76. The van der Waals surface area contributed by atoms with E-state index in [0.29, 0.717) is 12.1 Å². The van der Waals surface area contributed by atoms with E-state index >= 15 is 0 Å². The Kier molecular flexibility index (Phi) is 6.82. The van der Waals surface area contributed by atoms with Crippen molar-refractivity contribution in [2.75, 3.05) is 19.6 Å². The quantitative estimate of drug-likeness (QED) is 0.677. The van der Waals surface area contributed by atoms with Crippen molar-refractivity contribution in [3.8, 4) is 11.1 Å². The van der Waals surface area contributed by atoms with Gasteiger partial charge in [-0.05, 0) is 74.5 Å². The first-order valence-electron chi connectivity index (χ1n) is 9.87. The smallest absolute Gasteiger partial charge is 0.214 e. The predicted octanol–water partition coefficient (Wildman–Crippen LogP) is 3.29. The van der Waals surface area contributed by atoms with Gasteiger partial charge in [0.25, 0.3) is 0 Å². The van der Waals surface area contributed by atoms with E-state index in [-0.39, 0.29) is 11.5 Å². The monoisotopic (exact) mass is 418 g/mol. The molecule has 1 saturated heterocycles. The second kappa shape index (κ2) is 9.15. The zero-order valence-corrected chi connectivity index (χ0v) is 17.6. The van der Waals surface area contributed by atoms with Gasteiger partial charge in [-0.3, -0.25) is 4.79 Å². The Bertz CT molecular complexity index is 971. The molecular formula is C22H27FN2O3S. The number of piperidine rings is 1. The minimum Gasteiger partial charge on any atom is -0.316 e. The third-order valence-electron chi connectivity index (χ3n) is 5.58. The summed E-state index contributed by atoms with van der Waals surface area (Å²) in [6, 6.07) is 12.5. The predicted molar refractivity (Wildman–Crippen MR) is 113 cm³/mol. The second-order valence-corrected chi connectivity index (χ2v) is 9.74. The number of carbonyl (C=O) groups excluding carboxylic acids is 1. The topological polar surface area (TPSA) is 75.3 Å². The van der Waals surface area contributed by atoms with Crippen molar-refractivity contribution >= 4 is 15.8 Å². The minimum absolute atomic E-state index is 0.00302. The lowest BCUT2D eigenvalue weighted by Gasteiger charge is -2.28. The number of aryl methyl sites for hydroxylation is 1. The van der Waals surface area contributed by atoms with Gasteiger partial charge in [-0.25, -0.2) is 17.5 Å². The number of sulfonamides is 1. The van der Waals surface area contributed by atoms with Crippen LogP contribution in [0.1, 0.15) is 35.7 Å². The molecule has 1 fully saturated rings. The van der Waals surface area contributed by atoms with Gasteiger partial charge in [0, 0.05) is 0 Å². The van der Waals surface area contributed by atoms with Crippen LogP contribution in [0.15, 0.2) is 42.5 Å².